The zero-order chi connectivity index (χ0) is 23.1. The summed E-state index contributed by atoms with van der Waals surface area (Å²) >= 11 is 0. The Morgan fingerprint density at radius 1 is 0.656 bits per heavy atom. The van der Waals surface area contributed by atoms with Crippen LogP contribution >= 0.6 is 0 Å². The van der Waals surface area contributed by atoms with E-state index in [9.17, 15) is 0 Å². The number of rotatable bonds is 16. The van der Waals surface area contributed by atoms with Crippen LogP contribution in [0.25, 0.3) is 11.1 Å². The Labute approximate surface area is 196 Å². The van der Waals surface area contributed by atoms with Crippen molar-refractivity contribution in [1.29, 1.82) is 5.26 Å². The number of benzene rings is 2. The first kappa shape index (κ1) is 25.9. The third kappa shape index (κ3) is 8.67. The van der Waals surface area contributed by atoms with Gasteiger partial charge in [-0.05, 0) is 75.4 Å². The van der Waals surface area contributed by atoms with E-state index >= 15 is 0 Å². The van der Waals surface area contributed by atoms with E-state index in [1.54, 1.807) is 0 Å². The van der Waals surface area contributed by atoms with E-state index in [1.165, 1.54) is 75.6 Å². The van der Waals surface area contributed by atoms with Crippen LogP contribution in [0, 0.1) is 11.3 Å². The maximum Gasteiger partial charge on any atom is 0.119 e. The minimum Gasteiger partial charge on any atom is -0.494 e. The van der Waals surface area contributed by atoms with Crippen molar-refractivity contribution in [1.82, 2.24) is 0 Å². The third-order valence-corrected chi connectivity index (χ3v) is 7.01. The van der Waals surface area contributed by atoms with Crippen LogP contribution in [-0.4, -0.2) is 37.3 Å². The molecular formula is C29H43N2O+. The Morgan fingerprint density at radius 2 is 1.12 bits per heavy atom. The van der Waals surface area contributed by atoms with Crippen molar-refractivity contribution in [2.45, 2.75) is 72.1 Å². The van der Waals surface area contributed by atoms with E-state index in [-0.39, 0.29) is 0 Å². The highest BCUT2D eigenvalue weighted by Gasteiger charge is 2.19. The second-order valence-electron chi connectivity index (χ2n) is 8.90. The third-order valence-electron chi connectivity index (χ3n) is 7.01. The predicted octanol–water partition coefficient (Wildman–Crippen LogP) is 7.60. The number of nitrogens with zero attached hydrogens (tertiary/aromatic N) is 2. The van der Waals surface area contributed by atoms with Gasteiger partial charge in [0.05, 0.1) is 44.4 Å². The number of ether oxygens (including phenoxy) is 1. The minimum atomic E-state index is 0.690. The van der Waals surface area contributed by atoms with Crippen LogP contribution in [0.2, 0.25) is 0 Å². The van der Waals surface area contributed by atoms with E-state index in [1.807, 2.05) is 36.4 Å². The second-order valence-corrected chi connectivity index (χ2v) is 8.90. The van der Waals surface area contributed by atoms with Gasteiger partial charge in [0.1, 0.15) is 5.75 Å². The summed E-state index contributed by atoms with van der Waals surface area (Å²) in [6.07, 6.45) is 10.6. The van der Waals surface area contributed by atoms with Gasteiger partial charge in [-0.3, -0.25) is 0 Å². The van der Waals surface area contributed by atoms with Gasteiger partial charge in [-0.25, -0.2) is 0 Å². The normalized spacial score (nSPS) is 11.3. The lowest BCUT2D eigenvalue weighted by molar-refractivity contribution is -0.923. The van der Waals surface area contributed by atoms with Gasteiger partial charge in [0.25, 0.3) is 0 Å². The van der Waals surface area contributed by atoms with Crippen LogP contribution in [0.3, 0.4) is 0 Å². The zero-order valence-corrected chi connectivity index (χ0v) is 20.6. The maximum absolute atomic E-state index is 8.91. The number of quaternary nitrogens is 1. The van der Waals surface area contributed by atoms with Crippen molar-refractivity contribution in [3.63, 3.8) is 0 Å². The number of hydrogen-bond acceptors (Lipinski definition) is 2. The topological polar surface area (TPSA) is 33.0 Å². The quantitative estimate of drug-likeness (QED) is 0.201. The summed E-state index contributed by atoms with van der Waals surface area (Å²) in [6, 6.07) is 18.1. The van der Waals surface area contributed by atoms with Crippen molar-refractivity contribution in [3.8, 4) is 22.9 Å². The summed E-state index contributed by atoms with van der Waals surface area (Å²) in [5.41, 5.74) is 2.95. The van der Waals surface area contributed by atoms with Crippen molar-refractivity contribution >= 4 is 0 Å². The van der Waals surface area contributed by atoms with Crippen LogP contribution in [-0.2, 0) is 0 Å². The molecule has 0 unspecified atom stereocenters. The van der Waals surface area contributed by atoms with Gasteiger partial charge < -0.3 is 9.22 Å². The monoisotopic (exact) mass is 435 g/mol. The number of hydrogen-bond donors (Lipinski definition) is 0. The first-order valence-electron chi connectivity index (χ1n) is 12.7. The second kappa shape index (κ2) is 14.7. The van der Waals surface area contributed by atoms with Crippen LogP contribution in [0.15, 0.2) is 48.5 Å². The average molecular weight is 436 g/mol. The van der Waals surface area contributed by atoms with Gasteiger partial charge >= 0.3 is 0 Å². The molecule has 2 aromatic rings. The molecule has 0 aliphatic rings. The molecule has 3 nitrogen and oxygen atoms in total. The molecule has 0 heterocycles. The molecule has 0 amide bonds. The van der Waals surface area contributed by atoms with E-state index in [4.69, 9.17) is 10.00 Å². The fraction of sp³-hybridized carbons (Fsp3) is 0.552. The van der Waals surface area contributed by atoms with Gasteiger partial charge in [-0.2, -0.15) is 5.26 Å². The van der Waals surface area contributed by atoms with Crippen LogP contribution < -0.4 is 4.74 Å². The van der Waals surface area contributed by atoms with E-state index in [0.29, 0.717) is 5.56 Å². The van der Waals surface area contributed by atoms with E-state index in [2.05, 4.69) is 39.0 Å². The standard InChI is InChI=1S/C29H43N2O/c1-4-31(5-2,6-3)23-13-11-9-7-8-10-12-14-24-32-29-21-19-28(20-22-29)27-17-15-26(25-30)16-18-27/h15-22H,4-14,23-24H2,1-3H3/q+1. The predicted molar refractivity (Wildman–Crippen MR) is 136 cm³/mol. The molecule has 0 fully saturated rings. The molecule has 0 N–H and O–H groups in total. The Hall–Kier alpha value is -2.31. The van der Waals surface area contributed by atoms with Crippen molar-refractivity contribution in [2.75, 3.05) is 32.8 Å². The molecule has 174 valence electrons. The number of unbranched alkanes of at least 4 members (excludes halogenated alkanes) is 7. The lowest BCUT2D eigenvalue weighted by Gasteiger charge is -2.35. The Morgan fingerprint density at radius 3 is 1.62 bits per heavy atom. The first-order chi connectivity index (χ1) is 15.7. The Kier molecular flexibility index (Phi) is 11.9. The highest BCUT2D eigenvalue weighted by Crippen LogP contribution is 2.23. The molecule has 0 spiro atoms. The summed E-state index contributed by atoms with van der Waals surface area (Å²) in [5.74, 6) is 0.933. The van der Waals surface area contributed by atoms with Gasteiger partial charge in [0, 0.05) is 0 Å². The smallest absolute Gasteiger partial charge is 0.119 e. The first-order valence-corrected chi connectivity index (χ1v) is 12.7. The molecule has 32 heavy (non-hydrogen) atoms. The molecule has 0 bridgehead atoms. The lowest BCUT2D eigenvalue weighted by Crippen LogP contribution is -2.48. The fourth-order valence-corrected chi connectivity index (χ4v) is 4.43. The highest BCUT2D eigenvalue weighted by atomic mass is 16.5. The summed E-state index contributed by atoms with van der Waals surface area (Å²) in [6.45, 7) is 13.0. The van der Waals surface area contributed by atoms with Crippen LogP contribution in [0.1, 0.15) is 77.7 Å². The molecule has 0 saturated carbocycles. The maximum atomic E-state index is 8.91. The van der Waals surface area contributed by atoms with Crippen LogP contribution in [0.4, 0.5) is 0 Å². The van der Waals surface area contributed by atoms with Crippen molar-refractivity contribution in [3.05, 3.63) is 54.1 Å². The largest absolute Gasteiger partial charge is 0.494 e. The summed E-state index contributed by atoms with van der Waals surface area (Å²) in [5, 5.41) is 8.91. The van der Waals surface area contributed by atoms with Crippen molar-refractivity contribution < 1.29 is 9.22 Å². The van der Waals surface area contributed by atoms with Crippen LogP contribution in [0.5, 0.6) is 5.75 Å². The van der Waals surface area contributed by atoms with E-state index in [0.717, 1.165) is 29.9 Å². The molecule has 0 radical (unpaired) electrons. The molecule has 0 atom stereocenters. The molecule has 2 aromatic carbocycles. The highest BCUT2D eigenvalue weighted by molar-refractivity contribution is 5.64. The van der Waals surface area contributed by atoms with E-state index < -0.39 is 0 Å². The van der Waals surface area contributed by atoms with Gasteiger partial charge in [-0.15, -0.1) is 0 Å². The molecule has 2 rings (SSSR count). The van der Waals surface area contributed by atoms with Gasteiger partial charge in [0.2, 0.25) is 0 Å². The lowest BCUT2D eigenvalue weighted by atomic mass is 10.0. The van der Waals surface area contributed by atoms with Gasteiger partial charge in [0.15, 0.2) is 0 Å². The summed E-state index contributed by atoms with van der Waals surface area (Å²) in [4.78, 5) is 0. The summed E-state index contributed by atoms with van der Waals surface area (Å²) < 4.78 is 7.20. The Bertz CT molecular complexity index is 777. The molecule has 0 saturated heterocycles. The molecule has 3 heteroatoms. The molecular weight excluding hydrogens is 392 g/mol. The SMILES string of the molecule is CC[N+](CC)(CC)CCCCCCCCCCOc1ccc(-c2ccc(C#N)cc2)cc1. The number of nitriles is 1. The van der Waals surface area contributed by atoms with Gasteiger partial charge in [-0.1, -0.05) is 56.4 Å². The summed E-state index contributed by atoms with van der Waals surface area (Å²) in [7, 11) is 0. The Balaban J connectivity index is 1.51. The average Bonchev–Trinajstić information content (AvgIpc) is 2.86. The fourth-order valence-electron chi connectivity index (χ4n) is 4.43. The zero-order valence-electron chi connectivity index (χ0n) is 20.6. The van der Waals surface area contributed by atoms with Crippen molar-refractivity contribution in [2.24, 2.45) is 0 Å². The molecule has 0 aromatic heterocycles. The minimum absolute atomic E-state index is 0.690. The molecule has 0 aliphatic heterocycles. The molecule has 0 aliphatic carbocycles.